The van der Waals surface area contributed by atoms with Gasteiger partial charge in [-0.25, -0.2) is 4.79 Å². The van der Waals surface area contributed by atoms with Crippen LogP contribution in [0.2, 0.25) is 0 Å². The minimum absolute atomic E-state index is 0.223. The van der Waals surface area contributed by atoms with Crippen LogP contribution in [-0.2, 0) is 0 Å². The van der Waals surface area contributed by atoms with Gasteiger partial charge in [0.05, 0.1) is 19.8 Å². The number of benzene rings is 1. The molecular weight excluding hydrogens is 250 g/mol. The second-order valence-electron chi connectivity index (χ2n) is 3.85. The Hall–Kier alpha value is -2.50. The molecule has 0 aliphatic heterocycles. The van der Waals surface area contributed by atoms with E-state index in [2.05, 4.69) is 5.16 Å². The van der Waals surface area contributed by atoms with Gasteiger partial charge < -0.3 is 19.1 Å². The predicted octanol–water partition coefficient (Wildman–Crippen LogP) is 2.37. The van der Waals surface area contributed by atoms with Crippen molar-refractivity contribution in [3.05, 3.63) is 29.5 Å². The van der Waals surface area contributed by atoms with E-state index in [1.54, 1.807) is 19.2 Å². The summed E-state index contributed by atoms with van der Waals surface area (Å²) in [7, 11) is 3.09. The van der Waals surface area contributed by atoms with Gasteiger partial charge >= 0.3 is 5.97 Å². The number of hydrogen-bond donors (Lipinski definition) is 1. The third-order valence-corrected chi connectivity index (χ3v) is 2.79. The van der Waals surface area contributed by atoms with Gasteiger partial charge in [0.2, 0.25) is 5.76 Å². The van der Waals surface area contributed by atoms with Crippen molar-refractivity contribution in [3.63, 3.8) is 0 Å². The van der Waals surface area contributed by atoms with E-state index in [1.165, 1.54) is 13.2 Å². The van der Waals surface area contributed by atoms with Crippen LogP contribution in [0.1, 0.15) is 16.1 Å². The molecule has 0 saturated carbocycles. The van der Waals surface area contributed by atoms with Crippen molar-refractivity contribution in [2.24, 2.45) is 0 Å². The Labute approximate surface area is 109 Å². The maximum absolute atomic E-state index is 10.8. The first-order valence-corrected chi connectivity index (χ1v) is 5.50. The van der Waals surface area contributed by atoms with Crippen molar-refractivity contribution in [3.8, 4) is 22.8 Å². The molecule has 0 saturated heterocycles. The van der Waals surface area contributed by atoms with Gasteiger partial charge in [-0.15, -0.1) is 0 Å². The third-order valence-electron chi connectivity index (χ3n) is 2.79. The van der Waals surface area contributed by atoms with Crippen LogP contribution in [0.5, 0.6) is 11.5 Å². The number of nitrogens with zero attached hydrogens (tertiary/aromatic N) is 1. The molecule has 0 aliphatic rings. The summed E-state index contributed by atoms with van der Waals surface area (Å²) >= 11 is 0. The van der Waals surface area contributed by atoms with E-state index in [0.29, 0.717) is 22.8 Å². The lowest BCUT2D eigenvalue weighted by Crippen LogP contribution is -1.95. The average molecular weight is 263 g/mol. The summed E-state index contributed by atoms with van der Waals surface area (Å²) in [5.41, 5.74) is 1.84. The van der Waals surface area contributed by atoms with Gasteiger partial charge in [-0.2, -0.15) is 0 Å². The zero-order chi connectivity index (χ0) is 14.0. The van der Waals surface area contributed by atoms with Gasteiger partial charge in [-0.05, 0) is 19.1 Å². The summed E-state index contributed by atoms with van der Waals surface area (Å²) in [5.74, 6) is -0.156. The Morgan fingerprint density at radius 1 is 1.26 bits per heavy atom. The number of ether oxygens (including phenoxy) is 2. The Bertz CT molecular complexity index is 617. The first-order valence-electron chi connectivity index (χ1n) is 5.50. The van der Waals surface area contributed by atoms with Crippen molar-refractivity contribution >= 4 is 5.97 Å². The molecule has 2 rings (SSSR count). The van der Waals surface area contributed by atoms with Gasteiger partial charge in [-0.1, -0.05) is 5.16 Å². The van der Waals surface area contributed by atoms with E-state index in [9.17, 15) is 4.79 Å². The number of carboxylic acid groups (broad SMARTS) is 1. The Balaban J connectivity index is 2.61. The van der Waals surface area contributed by atoms with E-state index < -0.39 is 5.97 Å². The fourth-order valence-electron chi connectivity index (χ4n) is 1.87. The highest BCUT2D eigenvalue weighted by molar-refractivity contribution is 5.86. The highest BCUT2D eigenvalue weighted by Crippen LogP contribution is 2.37. The molecule has 0 bridgehead atoms. The lowest BCUT2D eigenvalue weighted by Gasteiger charge is -2.12. The number of rotatable bonds is 4. The molecule has 6 heteroatoms. The molecule has 1 N–H and O–H groups in total. The summed E-state index contributed by atoms with van der Waals surface area (Å²) in [6, 6.07) is 4.86. The molecule has 0 radical (unpaired) electrons. The van der Waals surface area contributed by atoms with Crippen molar-refractivity contribution in [1.82, 2.24) is 5.16 Å². The van der Waals surface area contributed by atoms with E-state index in [4.69, 9.17) is 19.1 Å². The second-order valence-corrected chi connectivity index (χ2v) is 3.85. The molecule has 100 valence electrons. The zero-order valence-corrected chi connectivity index (χ0v) is 10.8. The molecule has 2 aromatic rings. The second kappa shape index (κ2) is 5.01. The van der Waals surface area contributed by atoms with Crippen LogP contribution >= 0.6 is 0 Å². The lowest BCUT2D eigenvalue weighted by atomic mass is 10.0. The van der Waals surface area contributed by atoms with Crippen molar-refractivity contribution in [2.75, 3.05) is 14.2 Å². The molecule has 0 aliphatic carbocycles. The van der Waals surface area contributed by atoms with Crippen LogP contribution in [0.15, 0.2) is 22.7 Å². The molecule has 6 nitrogen and oxygen atoms in total. The van der Waals surface area contributed by atoms with Gasteiger partial charge in [0, 0.05) is 11.6 Å². The monoisotopic (exact) mass is 263 g/mol. The first-order chi connectivity index (χ1) is 9.08. The number of methoxy groups -OCH3 is 2. The van der Waals surface area contributed by atoms with E-state index in [-0.39, 0.29) is 5.76 Å². The van der Waals surface area contributed by atoms with Crippen LogP contribution in [-0.4, -0.2) is 30.5 Å². The van der Waals surface area contributed by atoms with Gasteiger partial charge in [0.25, 0.3) is 0 Å². The molecule has 19 heavy (non-hydrogen) atoms. The molecule has 1 aromatic carbocycles. The Morgan fingerprint density at radius 3 is 2.42 bits per heavy atom. The van der Waals surface area contributed by atoms with Crippen LogP contribution in [0.25, 0.3) is 11.3 Å². The topological polar surface area (TPSA) is 81.8 Å². The van der Waals surface area contributed by atoms with Gasteiger partial charge in [0.15, 0.2) is 0 Å². The van der Waals surface area contributed by atoms with Crippen molar-refractivity contribution in [2.45, 2.75) is 6.92 Å². The average Bonchev–Trinajstić information content (AvgIpc) is 2.87. The normalized spacial score (nSPS) is 10.3. The summed E-state index contributed by atoms with van der Waals surface area (Å²) < 4.78 is 15.3. The summed E-state index contributed by atoms with van der Waals surface area (Å²) in [6.07, 6.45) is 0. The van der Waals surface area contributed by atoms with E-state index in [0.717, 1.165) is 5.56 Å². The van der Waals surface area contributed by atoms with Crippen LogP contribution in [0.4, 0.5) is 0 Å². The Morgan fingerprint density at radius 2 is 1.89 bits per heavy atom. The predicted molar refractivity (Wildman–Crippen MR) is 66.7 cm³/mol. The SMILES string of the molecule is COc1ccc(OC)c(-c2cc(C(=O)O)on2)c1C. The number of hydrogen-bond acceptors (Lipinski definition) is 5. The van der Waals surface area contributed by atoms with E-state index >= 15 is 0 Å². The van der Waals surface area contributed by atoms with Gasteiger partial charge in [0.1, 0.15) is 17.2 Å². The number of aromatic carboxylic acids is 1. The largest absolute Gasteiger partial charge is 0.496 e. The van der Waals surface area contributed by atoms with Crippen molar-refractivity contribution < 1.29 is 23.9 Å². The Kier molecular flexibility index (Phi) is 3.41. The molecule has 0 spiro atoms. The maximum atomic E-state index is 10.8. The summed E-state index contributed by atoms with van der Waals surface area (Å²) in [5, 5.41) is 12.6. The van der Waals surface area contributed by atoms with Crippen LogP contribution in [0.3, 0.4) is 0 Å². The highest BCUT2D eigenvalue weighted by atomic mass is 16.5. The standard InChI is InChI=1S/C13H13NO5/c1-7-9(17-2)4-5-10(18-3)12(7)8-6-11(13(15)16)19-14-8/h4-6H,1-3H3,(H,15,16). The third kappa shape index (κ3) is 2.24. The maximum Gasteiger partial charge on any atom is 0.374 e. The van der Waals surface area contributed by atoms with E-state index in [1.807, 2.05) is 6.92 Å². The minimum atomic E-state index is -1.17. The summed E-state index contributed by atoms with van der Waals surface area (Å²) in [6.45, 7) is 1.84. The highest BCUT2D eigenvalue weighted by Gasteiger charge is 2.19. The van der Waals surface area contributed by atoms with Gasteiger partial charge in [-0.3, -0.25) is 0 Å². The number of aromatic nitrogens is 1. The summed E-state index contributed by atoms with van der Waals surface area (Å²) in [4.78, 5) is 10.8. The number of carbonyl (C=O) groups is 1. The fraction of sp³-hybridized carbons (Fsp3) is 0.231. The molecule has 1 heterocycles. The fourth-order valence-corrected chi connectivity index (χ4v) is 1.87. The van der Waals surface area contributed by atoms with Crippen LogP contribution < -0.4 is 9.47 Å². The quantitative estimate of drug-likeness (QED) is 0.911. The molecular formula is C13H13NO5. The molecule has 1 aromatic heterocycles. The number of carboxylic acids is 1. The minimum Gasteiger partial charge on any atom is -0.496 e. The zero-order valence-electron chi connectivity index (χ0n) is 10.8. The van der Waals surface area contributed by atoms with Crippen molar-refractivity contribution in [1.29, 1.82) is 0 Å². The lowest BCUT2D eigenvalue weighted by molar-refractivity contribution is 0.0652. The molecule has 0 fully saturated rings. The molecule has 0 unspecified atom stereocenters. The molecule has 0 atom stereocenters. The first kappa shape index (κ1) is 12.9. The van der Waals surface area contributed by atoms with Crippen LogP contribution in [0, 0.1) is 6.92 Å². The molecule has 0 amide bonds. The smallest absolute Gasteiger partial charge is 0.374 e.